The molecular weight excluding hydrogens is 756 g/mol. The molecule has 1 unspecified atom stereocenters. The third kappa shape index (κ3) is 7.17. The molecule has 9 rings (SSSR count). The molecule has 0 aromatic heterocycles. The summed E-state index contributed by atoms with van der Waals surface area (Å²) in [6.07, 6.45) is 4.31. The fourth-order valence-electron chi connectivity index (χ4n) is 9.96. The van der Waals surface area contributed by atoms with Crippen molar-refractivity contribution in [3.8, 4) is 6.07 Å². The summed E-state index contributed by atoms with van der Waals surface area (Å²) >= 11 is 6.32. The highest BCUT2D eigenvalue weighted by Crippen LogP contribution is 2.43. The summed E-state index contributed by atoms with van der Waals surface area (Å²) in [5.41, 5.74) is 5.12. The summed E-state index contributed by atoms with van der Waals surface area (Å²) in [4.78, 5) is 76.7. The van der Waals surface area contributed by atoms with Crippen LogP contribution in [0, 0.1) is 22.7 Å². The maximum atomic E-state index is 13.6. The lowest BCUT2D eigenvalue weighted by Gasteiger charge is -2.39. The van der Waals surface area contributed by atoms with E-state index in [2.05, 4.69) is 43.1 Å². The second-order valence-electron chi connectivity index (χ2n) is 16.9. The molecule has 6 heterocycles. The minimum atomic E-state index is -0.970. The number of nitriles is 1. The fourth-order valence-corrected chi connectivity index (χ4v) is 10.2. The summed E-state index contributed by atoms with van der Waals surface area (Å²) in [7, 11) is 0. The number of carbonyl (C=O) groups is 5. The van der Waals surface area contributed by atoms with Crippen LogP contribution in [-0.2, 0) is 9.59 Å². The van der Waals surface area contributed by atoms with Gasteiger partial charge in [-0.2, -0.15) is 5.26 Å². The maximum Gasteiger partial charge on any atom is 0.262 e. The molecule has 0 aliphatic carbocycles. The van der Waals surface area contributed by atoms with E-state index in [9.17, 15) is 29.2 Å². The number of hydrogen-bond donors (Lipinski definition) is 1. The van der Waals surface area contributed by atoms with Gasteiger partial charge in [-0.3, -0.25) is 39.1 Å². The lowest BCUT2D eigenvalue weighted by molar-refractivity contribution is -0.136. The molecule has 14 heteroatoms. The predicted molar refractivity (Wildman–Crippen MR) is 219 cm³/mol. The third-order valence-electron chi connectivity index (χ3n) is 13.4. The molecule has 300 valence electrons. The molecule has 6 aliphatic heterocycles. The van der Waals surface area contributed by atoms with Crippen LogP contribution in [0.4, 0.5) is 17.1 Å². The van der Waals surface area contributed by atoms with E-state index in [1.54, 1.807) is 18.2 Å². The molecule has 58 heavy (non-hydrogen) atoms. The Balaban J connectivity index is 0.728. The second kappa shape index (κ2) is 15.4. The first kappa shape index (κ1) is 38.1. The predicted octanol–water partition coefficient (Wildman–Crippen LogP) is 4.39. The lowest BCUT2D eigenvalue weighted by Crippen LogP contribution is -2.54. The van der Waals surface area contributed by atoms with Crippen molar-refractivity contribution in [2.24, 2.45) is 11.3 Å². The molecule has 0 bridgehead atoms. The summed E-state index contributed by atoms with van der Waals surface area (Å²) in [5, 5.41) is 12.0. The van der Waals surface area contributed by atoms with Crippen LogP contribution in [0.1, 0.15) is 75.2 Å². The molecule has 13 nitrogen and oxygen atoms in total. The van der Waals surface area contributed by atoms with Crippen LogP contribution in [0.25, 0.3) is 0 Å². The Morgan fingerprint density at radius 1 is 0.759 bits per heavy atom. The van der Waals surface area contributed by atoms with Crippen molar-refractivity contribution in [3.63, 3.8) is 0 Å². The number of piperazine rings is 1. The highest BCUT2D eigenvalue weighted by molar-refractivity contribution is 6.32. The Bertz CT molecular complexity index is 2210. The molecule has 0 saturated carbocycles. The number of nitrogens with one attached hydrogen (secondary N) is 1. The first-order valence-electron chi connectivity index (χ1n) is 20.5. The van der Waals surface area contributed by atoms with E-state index >= 15 is 0 Å². The Hall–Kier alpha value is -5.45. The average Bonchev–Trinajstić information content (AvgIpc) is 3.95. The van der Waals surface area contributed by atoms with Gasteiger partial charge in [-0.05, 0) is 104 Å². The maximum absolute atomic E-state index is 13.6. The molecule has 3 aromatic carbocycles. The number of carbonyl (C=O) groups excluding carboxylic acids is 5. The minimum Gasteiger partial charge on any atom is -0.371 e. The molecule has 5 amide bonds. The standard InChI is InChI=1S/C44H47ClN8O5/c45-37-24-34(6-3-31(37)25-46)52-18-14-44(28-52)12-16-50(17-13-44)41(56)30-1-4-32(5-2-30)49-21-19-48(20-22-49)26-29-11-15-51(27-29)33-7-8-35-36(23-33)43(58)53(42(35)57)38-9-10-39(54)47-40(38)55/h1-8,23-24,29,38H,9-22,26-28H2,(H,47,54,55)/t29-,38?/m0/s1. The van der Waals surface area contributed by atoms with Crippen molar-refractivity contribution >= 4 is 58.2 Å². The zero-order valence-corrected chi connectivity index (χ0v) is 33.3. The van der Waals surface area contributed by atoms with Crippen molar-refractivity contribution in [3.05, 3.63) is 87.9 Å². The fraction of sp³-hybridized carbons (Fsp3) is 0.455. The van der Waals surface area contributed by atoms with Gasteiger partial charge in [0.05, 0.1) is 21.7 Å². The Morgan fingerprint density at radius 3 is 2.17 bits per heavy atom. The molecule has 1 N–H and O–H groups in total. The third-order valence-corrected chi connectivity index (χ3v) is 13.7. The number of hydrogen-bond acceptors (Lipinski definition) is 10. The van der Waals surface area contributed by atoms with Gasteiger partial charge >= 0.3 is 0 Å². The largest absolute Gasteiger partial charge is 0.371 e. The molecule has 6 aliphatic rings. The summed E-state index contributed by atoms with van der Waals surface area (Å²) in [5.74, 6) is -1.39. The number of imide groups is 2. The first-order valence-corrected chi connectivity index (χ1v) is 20.9. The van der Waals surface area contributed by atoms with E-state index in [4.69, 9.17) is 11.6 Å². The van der Waals surface area contributed by atoms with Gasteiger partial charge in [-0.15, -0.1) is 0 Å². The highest BCUT2D eigenvalue weighted by Gasteiger charge is 2.45. The normalized spacial score (nSPS) is 23.5. The van der Waals surface area contributed by atoms with Gasteiger partial charge in [-0.1, -0.05) is 11.6 Å². The Morgan fingerprint density at radius 2 is 1.45 bits per heavy atom. The van der Waals surface area contributed by atoms with Crippen molar-refractivity contribution in [1.29, 1.82) is 5.26 Å². The molecular formula is C44H47ClN8O5. The number of halogens is 1. The number of fused-ring (bicyclic) bond motifs is 1. The van der Waals surface area contributed by atoms with Gasteiger partial charge in [0.25, 0.3) is 17.7 Å². The smallest absolute Gasteiger partial charge is 0.262 e. The number of rotatable bonds is 7. The monoisotopic (exact) mass is 802 g/mol. The quantitative estimate of drug-likeness (QED) is 0.342. The lowest BCUT2D eigenvalue weighted by atomic mass is 9.77. The van der Waals surface area contributed by atoms with Crippen molar-refractivity contribution in [2.45, 2.75) is 44.6 Å². The van der Waals surface area contributed by atoms with Crippen LogP contribution in [0.3, 0.4) is 0 Å². The summed E-state index contributed by atoms with van der Waals surface area (Å²) in [6.45, 7) is 9.83. The van der Waals surface area contributed by atoms with Crippen LogP contribution in [-0.4, -0.2) is 122 Å². The molecule has 5 saturated heterocycles. The number of piperidine rings is 2. The van der Waals surface area contributed by atoms with Gasteiger partial charge < -0.3 is 19.6 Å². The number of anilines is 3. The van der Waals surface area contributed by atoms with Gasteiger partial charge in [0.1, 0.15) is 12.1 Å². The van der Waals surface area contributed by atoms with E-state index in [1.165, 1.54) is 0 Å². The zero-order valence-electron chi connectivity index (χ0n) is 32.5. The number of nitrogens with zero attached hydrogens (tertiary/aromatic N) is 7. The highest BCUT2D eigenvalue weighted by atomic mass is 35.5. The van der Waals surface area contributed by atoms with Crippen molar-refractivity contribution in [2.75, 3.05) is 86.7 Å². The van der Waals surface area contributed by atoms with Crippen LogP contribution in [0.2, 0.25) is 5.02 Å². The molecule has 1 spiro atoms. The number of benzene rings is 3. The summed E-state index contributed by atoms with van der Waals surface area (Å²) in [6, 6.07) is 20.3. The van der Waals surface area contributed by atoms with Crippen molar-refractivity contribution < 1.29 is 24.0 Å². The van der Waals surface area contributed by atoms with E-state index in [0.29, 0.717) is 27.6 Å². The topological polar surface area (TPSA) is 141 Å². The second-order valence-corrected chi connectivity index (χ2v) is 17.3. The molecule has 2 atom stereocenters. The van der Waals surface area contributed by atoms with Gasteiger partial charge in [-0.25, -0.2) is 0 Å². The zero-order chi connectivity index (χ0) is 40.1. The van der Waals surface area contributed by atoms with Crippen LogP contribution < -0.4 is 20.0 Å². The molecule has 3 aromatic rings. The first-order chi connectivity index (χ1) is 28.1. The van der Waals surface area contributed by atoms with E-state index in [0.717, 1.165) is 125 Å². The average molecular weight is 803 g/mol. The van der Waals surface area contributed by atoms with E-state index in [-0.39, 0.29) is 30.1 Å². The van der Waals surface area contributed by atoms with Crippen LogP contribution in [0.15, 0.2) is 60.7 Å². The van der Waals surface area contributed by atoms with E-state index < -0.39 is 23.8 Å². The van der Waals surface area contributed by atoms with Gasteiger partial charge in [0.15, 0.2) is 0 Å². The number of amides is 5. The Kier molecular flexibility index (Phi) is 10.1. The summed E-state index contributed by atoms with van der Waals surface area (Å²) < 4.78 is 0. The molecule has 0 radical (unpaired) electrons. The van der Waals surface area contributed by atoms with Gasteiger partial charge in [0.2, 0.25) is 11.8 Å². The van der Waals surface area contributed by atoms with Crippen LogP contribution >= 0.6 is 11.6 Å². The van der Waals surface area contributed by atoms with Crippen LogP contribution in [0.5, 0.6) is 0 Å². The Labute approximate surface area is 343 Å². The van der Waals surface area contributed by atoms with Crippen molar-refractivity contribution in [1.82, 2.24) is 20.0 Å². The molecule has 5 fully saturated rings. The number of likely N-dealkylation sites (tertiary alicyclic amines) is 1. The van der Waals surface area contributed by atoms with E-state index in [1.807, 2.05) is 35.2 Å². The van der Waals surface area contributed by atoms with Gasteiger partial charge in [0, 0.05) is 101 Å². The minimum absolute atomic E-state index is 0.0942. The SMILES string of the molecule is N#Cc1ccc(N2CCC3(CCN(C(=O)c4ccc(N5CCN(C[C@@H]6CCN(c7ccc8c(c7)C(=O)N(C7CCC(=O)NC7=O)C8=O)C6)CC5)cc4)CC3)C2)cc1Cl.